The van der Waals surface area contributed by atoms with Crippen molar-refractivity contribution in [3.8, 4) is 35.3 Å². The third-order valence-corrected chi connectivity index (χ3v) is 5.97. The minimum atomic E-state index is -0.898. The summed E-state index contributed by atoms with van der Waals surface area (Å²) in [5.74, 6) is 1.12. The summed E-state index contributed by atoms with van der Waals surface area (Å²) in [6.45, 7) is 4.11. The van der Waals surface area contributed by atoms with E-state index in [1.807, 2.05) is 13.8 Å². The number of aromatic nitrogens is 1. The fourth-order valence-corrected chi connectivity index (χ4v) is 4.30. The number of terminal acetylenes is 1. The third kappa shape index (κ3) is 6.48. The molecule has 10 heteroatoms. The van der Waals surface area contributed by atoms with Crippen LogP contribution in [0.4, 0.5) is 14.5 Å². The maximum absolute atomic E-state index is 14.1. The van der Waals surface area contributed by atoms with Gasteiger partial charge >= 0.3 is 0 Å². The SMILES string of the molecule is C#CCN(C(=O)c1cn(-c2cc(OCC)cc(OCC)c2)c2cc(OCOC)ccc2c1=O)c1cc(F)cc(F)c1. The molecule has 0 radical (unpaired) electrons. The maximum Gasteiger partial charge on any atom is 0.264 e. The van der Waals surface area contributed by atoms with E-state index in [1.165, 1.54) is 19.4 Å². The molecule has 4 aromatic rings. The zero-order valence-electron chi connectivity index (χ0n) is 22.8. The van der Waals surface area contributed by atoms with E-state index in [-0.39, 0.29) is 30.0 Å². The van der Waals surface area contributed by atoms with Crippen molar-refractivity contribution >= 4 is 22.5 Å². The van der Waals surface area contributed by atoms with Gasteiger partial charge in [-0.25, -0.2) is 8.78 Å². The van der Waals surface area contributed by atoms with Crippen LogP contribution in [0.25, 0.3) is 16.6 Å². The third-order valence-electron chi connectivity index (χ3n) is 5.97. The minimum Gasteiger partial charge on any atom is -0.494 e. The van der Waals surface area contributed by atoms with Crippen LogP contribution in [0, 0.1) is 24.0 Å². The Kier molecular flexibility index (Phi) is 9.22. The van der Waals surface area contributed by atoms with E-state index in [0.29, 0.717) is 47.7 Å². The molecule has 41 heavy (non-hydrogen) atoms. The average Bonchev–Trinajstić information content (AvgIpc) is 2.94. The Balaban J connectivity index is 1.99. The Labute approximate surface area is 235 Å². The van der Waals surface area contributed by atoms with E-state index in [4.69, 9.17) is 25.4 Å². The number of ether oxygens (including phenoxy) is 4. The minimum absolute atomic E-state index is 0.0220. The molecule has 0 spiro atoms. The van der Waals surface area contributed by atoms with Gasteiger partial charge in [-0.05, 0) is 38.1 Å². The molecule has 1 amide bonds. The number of carbonyl (C=O) groups is 1. The Bertz CT molecular complexity index is 1630. The average molecular weight is 563 g/mol. The number of benzene rings is 3. The van der Waals surface area contributed by atoms with E-state index in [1.54, 1.807) is 34.9 Å². The molecular weight excluding hydrogens is 534 g/mol. The first-order valence-electron chi connectivity index (χ1n) is 12.7. The number of carbonyl (C=O) groups excluding carboxylic acids is 1. The molecule has 0 fully saturated rings. The highest BCUT2D eigenvalue weighted by atomic mass is 19.1. The van der Waals surface area contributed by atoms with E-state index in [2.05, 4.69) is 5.92 Å². The van der Waals surface area contributed by atoms with Crippen molar-refractivity contribution in [3.05, 3.63) is 88.2 Å². The highest BCUT2D eigenvalue weighted by Gasteiger charge is 2.24. The van der Waals surface area contributed by atoms with Crippen molar-refractivity contribution in [2.75, 3.05) is 38.6 Å². The van der Waals surface area contributed by atoms with Crippen molar-refractivity contribution in [1.82, 2.24) is 4.57 Å². The van der Waals surface area contributed by atoms with Crippen molar-refractivity contribution < 1.29 is 32.5 Å². The number of nitrogens with zero attached hydrogens (tertiary/aromatic N) is 2. The molecule has 1 aromatic heterocycles. The number of rotatable bonds is 11. The van der Waals surface area contributed by atoms with Crippen molar-refractivity contribution in [1.29, 1.82) is 0 Å². The van der Waals surface area contributed by atoms with Crippen LogP contribution >= 0.6 is 0 Å². The number of fused-ring (bicyclic) bond motifs is 1. The van der Waals surface area contributed by atoms with Gasteiger partial charge in [-0.1, -0.05) is 5.92 Å². The van der Waals surface area contributed by atoms with Crippen LogP contribution in [-0.4, -0.2) is 44.1 Å². The van der Waals surface area contributed by atoms with Crippen LogP contribution in [0.1, 0.15) is 24.2 Å². The Morgan fingerprint density at radius 1 is 0.927 bits per heavy atom. The van der Waals surface area contributed by atoms with Gasteiger partial charge in [0, 0.05) is 49.0 Å². The van der Waals surface area contributed by atoms with Gasteiger partial charge < -0.3 is 23.5 Å². The number of halogens is 2. The largest absolute Gasteiger partial charge is 0.494 e. The van der Waals surface area contributed by atoms with Gasteiger partial charge in [0.1, 0.15) is 34.4 Å². The summed E-state index contributed by atoms with van der Waals surface area (Å²) < 4.78 is 51.8. The molecule has 1 heterocycles. The van der Waals surface area contributed by atoms with Crippen LogP contribution < -0.4 is 24.5 Å². The van der Waals surface area contributed by atoms with Crippen molar-refractivity contribution in [2.45, 2.75) is 13.8 Å². The standard InChI is InChI=1S/C31H28F2N2O6/c1-5-10-34(22-12-20(32)11-21(33)13-22)31(37)28-18-35(23-14-25(39-6-2)16-26(15-23)40-7-3)29-17-24(41-19-38-4)8-9-27(29)30(28)36/h1,8-9,11-18H,6-7,10,19H2,2-4H3. The van der Waals surface area contributed by atoms with Crippen LogP contribution in [-0.2, 0) is 4.74 Å². The number of hydrogen-bond acceptors (Lipinski definition) is 6. The molecule has 0 unspecified atom stereocenters. The van der Waals surface area contributed by atoms with Crippen LogP contribution in [0.5, 0.6) is 17.2 Å². The summed E-state index contributed by atoms with van der Waals surface area (Å²) in [5, 5.41) is 0.187. The summed E-state index contributed by atoms with van der Waals surface area (Å²) in [7, 11) is 1.48. The Hall–Kier alpha value is -4.88. The number of amides is 1. The van der Waals surface area contributed by atoms with Crippen LogP contribution in [0.3, 0.4) is 0 Å². The first-order valence-corrected chi connectivity index (χ1v) is 12.7. The lowest BCUT2D eigenvalue weighted by Crippen LogP contribution is -2.35. The van der Waals surface area contributed by atoms with Gasteiger partial charge in [-0.15, -0.1) is 6.42 Å². The first kappa shape index (κ1) is 29.1. The number of anilines is 1. The molecule has 0 atom stereocenters. The van der Waals surface area contributed by atoms with Crippen LogP contribution in [0.15, 0.2) is 65.6 Å². The lowest BCUT2D eigenvalue weighted by molar-refractivity contribution is 0.0512. The molecule has 8 nitrogen and oxygen atoms in total. The second-order valence-corrected chi connectivity index (χ2v) is 8.72. The fourth-order valence-electron chi connectivity index (χ4n) is 4.30. The lowest BCUT2D eigenvalue weighted by atomic mass is 10.1. The smallest absolute Gasteiger partial charge is 0.264 e. The number of pyridine rings is 1. The molecule has 0 aliphatic carbocycles. The van der Waals surface area contributed by atoms with Gasteiger partial charge in [0.05, 0.1) is 36.6 Å². The molecule has 212 valence electrons. The summed E-state index contributed by atoms with van der Waals surface area (Å²) >= 11 is 0. The molecule has 0 saturated heterocycles. The summed E-state index contributed by atoms with van der Waals surface area (Å²) in [4.78, 5) is 28.5. The molecule has 3 aromatic carbocycles. The highest BCUT2D eigenvalue weighted by molar-refractivity contribution is 6.08. The molecular formula is C31H28F2N2O6. The highest BCUT2D eigenvalue weighted by Crippen LogP contribution is 2.30. The van der Waals surface area contributed by atoms with Crippen LogP contribution in [0.2, 0.25) is 0 Å². The summed E-state index contributed by atoms with van der Waals surface area (Å²) in [5.41, 5.74) is -0.0804. The summed E-state index contributed by atoms with van der Waals surface area (Å²) in [6.07, 6.45) is 6.84. The van der Waals surface area contributed by atoms with Crippen molar-refractivity contribution in [3.63, 3.8) is 0 Å². The molecule has 0 saturated carbocycles. The molecule has 4 rings (SSSR count). The quantitative estimate of drug-likeness (QED) is 0.182. The van der Waals surface area contributed by atoms with E-state index < -0.39 is 23.0 Å². The predicted octanol–water partition coefficient (Wildman–Crippen LogP) is 5.33. The molecule has 0 N–H and O–H groups in total. The molecule has 0 aliphatic heterocycles. The Morgan fingerprint density at radius 3 is 2.17 bits per heavy atom. The van der Waals surface area contributed by atoms with Gasteiger partial charge in [0.15, 0.2) is 6.79 Å². The van der Waals surface area contributed by atoms with Gasteiger partial charge in [0.25, 0.3) is 5.91 Å². The van der Waals surface area contributed by atoms with E-state index >= 15 is 0 Å². The normalized spacial score (nSPS) is 10.7. The zero-order valence-corrected chi connectivity index (χ0v) is 22.8. The Morgan fingerprint density at radius 2 is 1.59 bits per heavy atom. The number of methoxy groups -OCH3 is 1. The second kappa shape index (κ2) is 13.0. The van der Waals surface area contributed by atoms with Crippen molar-refractivity contribution in [2.24, 2.45) is 0 Å². The first-order chi connectivity index (χ1) is 19.8. The van der Waals surface area contributed by atoms with Gasteiger partial charge in [0.2, 0.25) is 5.43 Å². The summed E-state index contributed by atoms with van der Waals surface area (Å²) in [6, 6.07) is 12.5. The van der Waals surface area contributed by atoms with Gasteiger partial charge in [-0.2, -0.15) is 0 Å². The predicted molar refractivity (Wildman–Crippen MR) is 151 cm³/mol. The maximum atomic E-state index is 14.1. The van der Waals surface area contributed by atoms with E-state index in [0.717, 1.165) is 17.0 Å². The second-order valence-electron chi connectivity index (χ2n) is 8.72. The fraction of sp³-hybridized carbons (Fsp3) is 0.226. The molecule has 0 aliphatic rings. The topological polar surface area (TPSA) is 79.2 Å². The number of hydrogen-bond donors (Lipinski definition) is 0. The van der Waals surface area contributed by atoms with E-state index in [9.17, 15) is 18.4 Å². The van der Waals surface area contributed by atoms with Gasteiger partial charge in [-0.3, -0.25) is 14.5 Å². The monoisotopic (exact) mass is 562 g/mol. The molecule has 0 bridgehead atoms. The lowest BCUT2D eigenvalue weighted by Gasteiger charge is -2.22. The zero-order chi connectivity index (χ0) is 29.5.